The maximum Gasteiger partial charge on any atom is 0.101 e. The molecule has 0 bridgehead atoms. The van der Waals surface area contributed by atoms with Gasteiger partial charge in [-0.2, -0.15) is 5.26 Å². The molecule has 0 saturated carbocycles. The van der Waals surface area contributed by atoms with Crippen LogP contribution in [0.4, 0.5) is 17.1 Å². The molecule has 0 unspecified atom stereocenters. The fourth-order valence-corrected chi connectivity index (χ4v) is 2.09. The molecule has 0 amide bonds. The first-order chi connectivity index (χ1) is 9.78. The molecule has 0 aliphatic heterocycles. The molecule has 0 saturated heterocycles. The maximum atomic E-state index is 9.01. The summed E-state index contributed by atoms with van der Waals surface area (Å²) >= 11 is 0. The quantitative estimate of drug-likeness (QED) is 0.692. The van der Waals surface area contributed by atoms with E-state index in [9.17, 15) is 0 Å². The van der Waals surface area contributed by atoms with Crippen LogP contribution in [0.3, 0.4) is 0 Å². The van der Waals surface area contributed by atoms with Crippen LogP contribution >= 0.6 is 0 Å². The van der Waals surface area contributed by atoms with Crippen molar-refractivity contribution >= 4 is 28.0 Å². The van der Waals surface area contributed by atoms with Crippen molar-refractivity contribution in [2.45, 2.75) is 0 Å². The predicted octanol–water partition coefficient (Wildman–Crippen LogP) is 3.43. The van der Waals surface area contributed by atoms with Crippen LogP contribution in [0.15, 0.2) is 54.7 Å². The molecule has 3 rings (SSSR count). The van der Waals surface area contributed by atoms with Crippen molar-refractivity contribution in [3.8, 4) is 6.07 Å². The third kappa shape index (κ3) is 2.13. The Balaban J connectivity index is 2.04. The molecule has 1 aromatic heterocycles. The number of nitrogens with two attached hydrogens (primary N) is 1. The van der Waals surface area contributed by atoms with Gasteiger partial charge in [0.2, 0.25) is 0 Å². The van der Waals surface area contributed by atoms with Crippen molar-refractivity contribution in [3.05, 3.63) is 60.3 Å². The topological polar surface area (TPSA) is 74.7 Å². The minimum Gasteiger partial charge on any atom is -0.398 e. The summed E-state index contributed by atoms with van der Waals surface area (Å²) in [6.45, 7) is 0. The van der Waals surface area contributed by atoms with Gasteiger partial charge in [-0.15, -0.1) is 0 Å². The van der Waals surface area contributed by atoms with Crippen LogP contribution < -0.4 is 11.1 Å². The van der Waals surface area contributed by atoms with Gasteiger partial charge in [-0.05, 0) is 30.3 Å². The largest absolute Gasteiger partial charge is 0.398 e. The number of nitriles is 1. The Labute approximate surface area is 116 Å². The van der Waals surface area contributed by atoms with Crippen LogP contribution in [0.1, 0.15) is 5.56 Å². The smallest absolute Gasteiger partial charge is 0.101 e. The Hall–Kier alpha value is -3.06. The molecular weight excluding hydrogens is 248 g/mol. The molecule has 0 aliphatic rings. The Morgan fingerprint density at radius 3 is 2.80 bits per heavy atom. The number of hydrogen-bond acceptors (Lipinski definition) is 4. The van der Waals surface area contributed by atoms with E-state index in [-0.39, 0.29) is 0 Å². The van der Waals surface area contributed by atoms with Gasteiger partial charge in [0.05, 0.1) is 16.8 Å². The average Bonchev–Trinajstić information content (AvgIpc) is 2.49. The van der Waals surface area contributed by atoms with Crippen molar-refractivity contribution in [1.29, 1.82) is 5.26 Å². The first-order valence-corrected chi connectivity index (χ1v) is 6.18. The molecule has 1 heterocycles. The molecule has 3 N–H and O–H groups in total. The van der Waals surface area contributed by atoms with Gasteiger partial charge in [-0.1, -0.05) is 18.2 Å². The number of nitrogens with one attached hydrogen (secondary N) is 1. The van der Waals surface area contributed by atoms with Crippen molar-refractivity contribution in [2.24, 2.45) is 0 Å². The highest BCUT2D eigenvalue weighted by atomic mass is 14.9. The van der Waals surface area contributed by atoms with E-state index in [1.165, 1.54) is 0 Å². The molecule has 0 aliphatic carbocycles. The Bertz CT molecular complexity index is 813. The highest BCUT2D eigenvalue weighted by molar-refractivity contribution is 5.92. The van der Waals surface area contributed by atoms with Crippen LogP contribution in [-0.2, 0) is 0 Å². The van der Waals surface area contributed by atoms with E-state index in [2.05, 4.69) is 16.4 Å². The number of hydrogen-bond donors (Lipinski definition) is 2. The summed E-state index contributed by atoms with van der Waals surface area (Å²) in [5.41, 5.74) is 9.27. The fourth-order valence-electron chi connectivity index (χ4n) is 2.09. The molecule has 0 radical (unpaired) electrons. The zero-order chi connectivity index (χ0) is 13.9. The van der Waals surface area contributed by atoms with Gasteiger partial charge in [0.25, 0.3) is 0 Å². The zero-order valence-corrected chi connectivity index (χ0v) is 10.7. The highest BCUT2D eigenvalue weighted by Crippen LogP contribution is 2.26. The van der Waals surface area contributed by atoms with Gasteiger partial charge >= 0.3 is 0 Å². The second-order valence-electron chi connectivity index (χ2n) is 4.42. The van der Waals surface area contributed by atoms with Crippen LogP contribution in [0.2, 0.25) is 0 Å². The van der Waals surface area contributed by atoms with Crippen molar-refractivity contribution in [2.75, 3.05) is 11.1 Å². The van der Waals surface area contributed by atoms with E-state index in [4.69, 9.17) is 11.0 Å². The number of pyridine rings is 1. The number of para-hydroxylation sites is 1. The van der Waals surface area contributed by atoms with E-state index in [0.717, 1.165) is 22.3 Å². The SMILES string of the molecule is N#Cc1cc(Nc2cccc3cccnc23)ccc1N. The summed E-state index contributed by atoms with van der Waals surface area (Å²) in [5.74, 6) is 0. The van der Waals surface area contributed by atoms with Crippen molar-refractivity contribution in [3.63, 3.8) is 0 Å². The van der Waals surface area contributed by atoms with Crippen molar-refractivity contribution in [1.82, 2.24) is 4.98 Å². The summed E-state index contributed by atoms with van der Waals surface area (Å²) in [4.78, 5) is 4.39. The highest BCUT2D eigenvalue weighted by Gasteiger charge is 2.04. The number of anilines is 3. The van der Waals surface area contributed by atoms with Gasteiger partial charge < -0.3 is 11.1 Å². The zero-order valence-electron chi connectivity index (χ0n) is 10.7. The molecule has 0 fully saturated rings. The van der Waals surface area contributed by atoms with Crippen molar-refractivity contribution < 1.29 is 0 Å². The fraction of sp³-hybridized carbons (Fsp3) is 0. The number of benzene rings is 2. The first kappa shape index (κ1) is 12.0. The number of nitrogens with zero attached hydrogens (tertiary/aromatic N) is 2. The van der Waals surface area contributed by atoms with Crippen LogP contribution in [-0.4, -0.2) is 4.98 Å². The average molecular weight is 260 g/mol. The summed E-state index contributed by atoms with van der Waals surface area (Å²) in [6, 6.07) is 17.2. The molecule has 4 nitrogen and oxygen atoms in total. The lowest BCUT2D eigenvalue weighted by Crippen LogP contribution is -1.95. The minimum atomic E-state index is 0.461. The van der Waals surface area contributed by atoms with Crippen LogP contribution in [0.5, 0.6) is 0 Å². The number of rotatable bonds is 2. The third-order valence-corrected chi connectivity index (χ3v) is 3.09. The molecule has 0 atom stereocenters. The second-order valence-corrected chi connectivity index (χ2v) is 4.42. The summed E-state index contributed by atoms with van der Waals surface area (Å²) < 4.78 is 0. The van der Waals surface area contributed by atoms with E-state index in [1.807, 2.05) is 36.4 Å². The lowest BCUT2D eigenvalue weighted by Gasteiger charge is -2.10. The van der Waals surface area contributed by atoms with E-state index in [0.29, 0.717) is 11.3 Å². The second kappa shape index (κ2) is 4.90. The molecule has 20 heavy (non-hydrogen) atoms. The van der Waals surface area contributed by atoms with Gasteiger partial charge in [0.1, 0.15) is 6.07 Å². The van der Waals surface area contributed by atoms with Gasteiger partial charge in [0, 0.05) is 23.0 Å². The monoisotopic (exact) mass is 260 g/mol. The predicted molar refractivity (Wildman–Crippen MR) is 80.6 cm³/mol. The number of aromatic nitrogens is 1. The minimum absolute atomic E-state index is 0.461. The van der Waals surface area contributed by atoms with E-state index >= 15 is 0 Å². The van der Waals surface area contributed by atoms with Crippen LogP contribution in [0.25, 0.3) is 10.9 Å². The normalized spacial score (nSPS) is 10.2. The Morgan fingerprint density at radius 2 is 1.95 bits per heavy atom. The molecule has 3 aromatic rings. The standard InChI is InChI=1S/C16H12N4/c17-10-12-9-13(6-7-14(12)18)20-15-5-1-3-11-4-2-8-19-16(11)15/h1-9,20H,18H2. The summed E-state index contributed by atoms with van der Waals surface area (Å²) in [7, 11) is 0. The van der Waals surface area contributed by atoms with Crippen LogP contribution in [0, 0.1) is 11.3 Å². The molecule has 2 aromatic carbocycles. The molecule has 96 valence electrons. The third-order valence-electron chi connectivity index (χ3n) is 3.09. The van der Waals surface area contributed by atoms with E-state index in [1.54, 1.807) is 18.3 Å². The first-order valence-electron chi connectivity index (χ1n) is 6.18. The molecule has 4 heteroatoms. The lowest BCUT2D eigenvalue weighted by molar-refractivity contribution is 1.40. The number of nitrogen functional groups attached to an aromatic ring is 1. The molecular formula is C16H12N4. The van der Waals surface area contributed by atoms with E-state index < -0.39 is 0 Å². The Kier molecular flexibility index (Phi) is 2.94. The summed E-state index contributed by atoms with van der Waals surface area (Å²) in [5, 5.41) is 13.4. The summed E-state index contributed by atoms with van der Waals surface area (Å²) in [6.07, 6.45) is 1.76. The lowest BCUT2D eigenvalue weighted by atomic mass is 10.1. The van der Waals surface area contributed by atoms with Gasteiger partial charge in [-0.3, -0.25) is 4.98 Å². The number of fused-ring (bicyclic) bond motifs is 1. The van der Waals surface area contributed by atoms with Gasteiger partial charge in [-0.25, -0.2) is 0 Å². The van der Waals surface area contributed by atoms with Gasteiger partial charge in [0.15, 0.2) is 0 Å². The Morgan fingerprint density at radius 1 is 1.10 bits per heavy atom. The molecule has 0 spiro atoms. The maximum absolute atomic E-state index is 9.01.